The fourth-order valence-corrected chi connectivity index (χ4v) is 4.17. The van der Waals surface area contributed by atoms with Gasteiger partial charge in [-0.15, -0.1) is 0 Å². The van der Waals surface area contributed by atoms with Gasteiger partial charge in [0.05, 0.1) is 12.2 Å². The molecule has 20 heavy (non-hydrogen) atoms. The Bertz CT molecular complexity index is 345. The summed E-state index contributed by atoms with van der Waals surface area (Å²) in [6, 6.07) is 0.0840. The second kappa shape index (κ2) is 6.05. The van der Waals surface area contributed by atoms with E-state index in [1.54, 1.807) is 0 Å². The molecule has 3 heteroatoms. The van der Waals surface area contributed by atoms with Crippen molar-refractivity contribution in [3.63, 3.8) is 0 Å². The van der Waals surface area contributed by atoms with Crippen molar-refractivity contribution in [3.05, 3.63) is 0 Å². The van der Waals surface area contributed by atoms with E-state index in [9.17, 15) is 4.79 Å². The van der Waals surface area contributed by atoms with Gasteiger partial charge in [-0.05, 0) is 49.9 Å². The van der Waals surface area contributed by atoms with E-state index in [-0.39, 0.29) is 6.04 Å². The fraction of sp³-hybridized carbons (Fsp3) is 0.941. The molecule has 114 valence electrons. The molecule has 1 amide bonds. The number of carbonyl (C=O) groups excluding carboxylic acids is 1. The first-order valence-corrected chi connectivity index (χ1v) is 8.71. The first-order chi connectivity index (χ1) is 9.65. The Balaban J connectivity index is 1.68. The van der Waals surface area contributed by atoms with Crippen LogP contribution in [0.3, 0.4) is 0 Å². The molecule has 1 N–H and O–H groups in total. The number of carbonyl (C=O) groups is 1. The van der Waals surface area contributed by atoms with Gasteiger partial charge in [-0.25, -0.2) is 0 Å². The summed E-state index contributed by atoms with van der Waals surface area (Å²) in [6.07, 6.45) is 10.7. The molecule has 1 aliphatic heterocycles. The highest BCUT2D eigenvalue weighted by Crippen LogP contribution is 2.35. The SMILES string of the molecule is CC(C)CC1NC(C2CCCC2)N(CC2CCC2)C1=O. The topological polar surface area (TPSA) is 32.3 Å². The molecular formula is C17H30N2O. The molecule has 0 aromatic rings. The molecule has 3 fully saturated rings. The van der Waals surface area contributed by atoms with Crippen LogP contribution in [0, 0.1) is 17.8 Å². The van der Waals surface area contributed by atoms with Crippen molar-refractivity contribution in [2.45, 2.75) is 77.4 Å². The maximum atomic E-state index is 12.7. The number of rotatable bonds is 5. The molecule has 0 spiro atoms. The largest absolute Gasteiger partial charge is 0.325 e. The molecule has 2 unspecified atom stereocenters. The lowest BCUT2D eigenvalue weighted by molar-refractivity contribution is -0.132. The Morgan fingerprint density at radius 1 is 1.15 bits per heavy atom. The summed E-state index contributed by atoms with van der Waals surface area (Å²) in [7, 11) is 0. The number of hydrogen-bond donors (Lipinski definition) is 1. The van der Waals surface area contributed by atoms with Gasteiger partial charge in [-0.3, -0.25) is 10.1 Å². The highest BCUT2D eigenvalue weighted by molar-refractivity contribution is 5.84. The molecule has 2 aliphatic carbocycles. The lowest BCUT2D eigenvalue weighted by Crippen LogP contribution is -2.45. The Morgan fingerprint density at radius 3 is 2.40 bits per heavy atom. The maximum Gasteiger partial charge on any atom is 0.241 e. The Labute approximate surface area is 123 Å². The van der Waals surface area contributed by atoms with Crippen LogP contribution in [-0.2, 0) is 4.79 Å². The first-order valence-electron chi connectivity index (χ1n) is 8.71. The van der Waals surface area contributed by atoms with Crippen LogP contribution in [0.15, 0.2) is 0 Å². The molecule has 3 rings (SSSR count). The smallest absolute Gasteiger partial charge is 0.241 e. The van der Waals surface area contributed by atoms with Crippen molar-refractivity contribution in [2.24, 2.45) is 17.8 Å². The van der Waals surface area contributed by atoms with Crippen LogP contribution in [0.1, 0.15) is 65.2 Å². The summed E-state index contributed by atoms with van der Waals surface area (Å²) in [5.74, 6) is 2.46. The summed E-state index contributed by atoms with van der Waals surface area (Å²) in [5, 5.41) is 3.69. The van der Waals surface area contributed by atoms with Crippen LogP contribution in [0.2, 0.25) is 0 Å². The van der Waals surface area contributed by atoms with E-state index < -0.39 is 0 Å². The lowest BCUT2D eigenvalue weighted by atomic mass is 9.84. The zero-order valence-electron chi connectivity index (χ0n) is 13.1. The third-order valence-electron chi connectivity index (χ3n) is 5.52. The first kappa shape index (κ1) is 14.4. The molecule has 2 atom stereocenters. The molecule has 0 aromatic carbocycles. The van der Waals surface area contributed by atoms with E-state index in [2.05, 4.69) is 24.1 Å². The van der Waals surface area contributed by atoms with Crippen LogP contribution in [0.4, 0.5) is 0 Å². The Kier molecular flexibility index (Phi) is 4.34. The number of nitrogens with zero attached hydrogens (tertiary/aromatic N) is 1. The average molecular weight is 278 g/mol. The van der Waals surface area contributed by atoms with Gasteiger partial charge in [0.1, 0.15) is 0 Å². The van der Waals surface area contributed by atoms with E-state index in [1.807, 2.05) is 0 Å². The number of nitrogens with one attached hydrogen (secondary N) is 1. The highest BCUT2D eigenvalue weighted by Gasteiger charge is 2.44. The molecule has 0 radical (unpaired) electrons. The van der Waals surface area contributed by atoms with Gasteiger partial charge in [-0.2, -0.15) is 0 Å². The van der Waals surface area contributed by atoms with Crippen LogP contribution < -0.4 is 5.32 Å². The van der Waals surface area contributed by atoms with E-state index in [0.717, 1.165) is 18.9 Å². The van der Waals surface area contributed by atoms with Gasteiger partial charge in [0, 0.05) is 6.54 Å². The summed E-state index contributed by atoms with van der Waals surface area (Å²) < 4.78 is 0. The minimum Gasteiger partial charge on any atom is -0.325 e. The maximum absolute atomic E-state index is 12.7. The third kappa shape index (κ3) is 2.88. The highest BCUT2D eigenvalue weighted by atomic mass is 16.2. The van der Waals surface area contributed by atoms with Crippen molar-refractivity contribution >= 4 is 5.91 Å². The van der Waals surface area contributed by atoms with Crippen LogP contribution in [0.25, 0.3) is 0 Å². The van der Waals surface area contributed by atoms with E-state index in [0.29, 0.717) is 23.9 Å². The van der Waals surface area contributed by atoms with Gasteiger partial charge in [0.25, 0.3) is 0 Å². The minimum absolute atomic E-state index is 0.0840. The zero-order chi connectivity index (χ0) is 14.1. The summed E-state index contributed by atoms with van der Waals surface area (Å²) >= 11 is 0. The van der Waals surface area contributed by atoms with Crippen molar-refractivity contribution in [2.75, 3.05) is 6.54 Å². The Hall–Kier alpha value is -0.570. The molecule has 3 nitrogen and oxygen atoms in total. The molecule has 2 saturated carbocycles. The number of hydrogen-bond acceptors (Lipinski definition) is 2. The van der Waals surface area contributed by atoms with Crippen molar-refractivity contribution in [3.8, 4) is 0 Å². The number of amides is 1. The van der Waals surface area contributed by atoms with Crippen molar-refractivity contribution in [1.82, 2.24) is 10.2 Å². The van der Waals surface area contributed by atoms with Crippen LogP contribution in [-0.4, -0.2) is 29.6 Å². The van der Waals surface area contributed by atoms with Crippen molar-refractivity contribution in [1.29, 1.82) is 0 Å². The minimum atomic E-state index is 0.0840. The second-order valence-electron chi connectivity index (χ2n) is 7.63. The van der Waals surface area contributed by atoms with E-state index >= 15 is 0 Å². The molecule has 1 heterocycles. The molecule has 0 aromatic heterocycles. The Morgan fingerprint density at radius 2 is 1.85 bits per heavy atom. The molecular weight excluding hydrogens is 248 g/mol. The predicted molar refractivity (Wildman–Crippen MR) is 81.2 cm³/mol. The van der Waals surface area contributed by atoms with E-state index in [4.69, 9.17) is 0 Å². The fourth-order valence-electron chi connectivity index (χ4n) is 4.17. The third-order valence-corrected chi connectivity index (χ3v) is 5.52. The molecule has 3 aliphatic rings. The van der Waals surface area contributed by atoms with Gasteiger partial charge < -0.3 is 4.90 Å². The predicted octanol–water partition coefficient (Wildman–Crippen LogP) is 3.15. The van der Waals surface area contributed by atoms with Gasteiger partial charge in [-0.1, -0.05) is 33.1 Å². The lowest BCUT2D eigenvalue weighted by Gasteiger charge is -2.35. The van der Waals surface area contributed by atoms with Gasteiger partial charge in [0.2, 0.25) is 5.91 Å². The molecule has 1 saturated heterocycles. The summed E-state index contributed by atoms with van der Waals surface area (Å²) in [5.41, 5.74) is 0. The van der Waals surface area contributed by atoms with Crippen molar-refractivity contribution < 1.29 is 4.79 Å². The zero-order valence-corrected chi connectivity index (χ0v) is 13.1. The normalized spacial score (nSPS) is 32.4. The average Bonchev–Trinajstić information content (AvgIpc) is 2.94. The quantitative estimate of drug-likeness (QED) is 0.838. The van der Waals surface area contributed by atoms with Crippen LogP contribution >= 0.6 is 0 Å². The summed E-state index contributed by atoms with van der Waals surface area (Å²) in [4.78, 5) is 15.0. The van der Waals surface area contributed by atoms with Crippen LogP contribution in [0.5, 0.6) is 0 Å². The van der Waals surface area contributed by atoms with E-state index in [1.165, 1.54) is 44.9 Å². The second-order valence-corrected chi connectivity index (χ2v) is 7.63. The molecule has 0 bridgehead atoms. The standard InChI is InChI=1S/C17H30N2O/c1-12(2)10-15-17(20)19(11-13-6-5-7-13)16(18-15)14-8-3-4-9-14/h12-16,18H,3-11H2,1-2H3. The summed E-state index contributed by atoms with van der Waals surface area (Å²) in [6.45, 7) is 5.45. The van der Waals surface area contributed by atoms with Gasteiger partial charge in [0.15, 0.2) is 0 Å². The monoisotopic (exact) mass is 278 g/mol. The van der Waals surface area contributed by atoms with Gasteiger partial charge >= 0.3 is 0 Å².